The van der Waals surface area contributed by atoms with Crippen molar-refractivity contribution in [2.75, 3.05) is 6.54 Å². The molecule has 3 rings (SSSR count). The molecule has 0 saturated carbocycles. The van der Waals surface area contributed by atoms with Crippen LogP contribution in [0.25, 0.3) is 0 Å². The van der Waals surface area contributed by atoms with Crippen molar-refractivity contribution in [2.24, 2.45) is 0 Å². The normalized spacial score (nSPS) is 17.5. The number of hydrogen-bond acceptors (Lipinski definition) is 2. The van der Waals surface area contributed by atoms with Gasteiger partial charge >= 0.3 is 0 Å². The Kier molecular flexibility index (Phi) is 5.45. The third kappa shape index (κ3) is 3.75. The summed E-state index contributed by atoms with van der Waals surface area (Å²) in [6.45, 7) is 1.76. The summed E-state index contributed by atoms with van der Waals surface area (Å²) in [5, 5.41) is 3.51. The van der Waals surface area contributed by atoms with E-state index in [1.165, 1.54) is 24.0 Å². The molecule has 106 valence electrons. The molecular weight excluding hydrogens is 270 g/mol. The second-order valence-corrected chi connectivity index (χ2v) is 4.99. The Morgan fingerprint density at radius 3 is 2.40 bits per heavy atom. The van der Waals surface area contributed by atoms with Crippen LogP contribution in [0, 0.1) is 0 Å². The molecule has 0 radical (unpaired) electrons. The van der Waals surface area contributed by atoms with Crippen LogP contribution in [0.5, 0.6) is 5.75 Å². The summed E-state index contributed by atoms with van der Waals surface area (Å²) >= 11 is 0. The molecular formula is C17H20ClNO. The first-order valence-corrected chi connectivity index (χ1v) is 6.92. The van der Waals surface area contributed by atoms with Crippen molar-refractivity contribution in [3.8, 4) is 5.75 Å². The van der Waals surface area contributed by atoms with E-state index in [9.17, 15) is 0 Å². The number of nitrogens with one attached hydrogen (secondary N) is 1. The van der Waals surface area contributed by atoms with Gasteiger partial charge in [0.25, 0.3) is 0 Å². The van der Waals surface area contributed by atoms with Crippen LogP contribution in [0.4, 0.5) is 0 Å². The van der Waals surface area contributed by atoms with E-state index in [0.717, 1.165) is 12.3 Å². The number of rotatable bonds is 4. The predicted octanol–water partition coefficient (Wildman–Crippen LogP) is 4.11. The lowest BCUT2D eigenvalue weighted by Crippen LogP contribution is -2.12. The molecule has 2 nitrogen and oxygen atoms in total. The van der Waals surface area contributed by atoms with Gasteiger partial charge in [-0.05, 0) is 42.6 Å². The maximum absolute atomic E-state index is 5.79. The van der Waals surface area contributed by atoms with Gasteiger partial charge in [0.05, 0.1) is 0 Å². The summed E-state index contributed by atoms with van der Waals surface area (Å²) in [7, 11) is 0. The van der Waals surface area contributed by atoms with Crippen molar-refractivity contribution < 1.29 is 4.74 Å². The molecule has 1 heterocycles. The highest BCUT2D eigenvalue weighted by atomic mass is 35.5. The minimum atomic E-state index is 0. The van der Waals surface area contributed by atoms with Crippen LogP contribution >= 0.6 is 12.4 Å². The average Bonchev–Trinajstić information content (AvgIpc) is 3.01. The summed E-state index contributed by atoms with van der Waals surface area (Å²) in [6.07, 6.45) is 2.52. The Morgan fingerprint density at radius 2 is 1.75 bits per heavy atom. The summed E-state index contributed by atoms with van der Waals surface area (Å²) in [5.41, 5.74) is 2.56. The van der Waals surface area contributed by atoms with Crippen molar-refractivity contribution in [1.82, 2.24) is 5.32 Å². The van der Waals surface area contributed by atoms with Crippen molar-refractivity contribution in [3.63, 3.8) is 0 Å². The Hall–Kier alpha value is -1.51. The Balaban J connectivity index is 0.00000147. The summed E-state index contributed by atoms with van der Waals surface area (Å²) in [5.74, 6) is 0.936. The first-order chi connectivity index (χ1) is 9.42. The van der Waals surface area contributed by atoms with Crippen LogP contribution in [0.3, 0.4) is 0 Å². The zero-order chi connectivity index (χ0) is 12.9. The molecule has 0 aliphatic carbocycles. The minimum Gasteiger partial charge on any atom is -0.489 e. The molecule has 0 aromatic heterocycles. The molecule has 0 bridgehead atoms. The zero-order valence-corrected chi connectivity index (χ0v) is 12.2. The lowest BCUT2D eigenvalue weighted by atomic mass is 10.1. The minimum absolute atomic E-state index is 0. The van der Waals surface area contributed by atoms with E-state index in [1.807, 2.05) is 18.2 Å². The van der Waals surface area contributed by atoms with Crippen LogP contribution in [0.1, 0.15) is 30.0 Å². The van der Waals surface area contributed by atoms with Crippen LogP contribution in [0.15, 0.2) is 54.6 Å². The van der Waals surface area contributed by atoms with Crippen molar-refractivity contribution in [2.45, 2.75) is 25.5 Å². The fourth-order valence-electron chi connectivity index (χ4n) is 2.51. The van der Waals surface area contributed by atoms with Gasteiger partial charge in [-0.15, -0.1) is 12.4 Å². The van der Waals surface area contributed by atoms with Gasteiger partial charge in [-0.1, -0.05) is 42.5 Å². The fourth-order valence-corrected chi connectivity index (χ4v) is 2.51. The monoisotopic (exact) mass is 289 g/mol. The second kappa shape index (κ2) is 7.32. The number of halogens is 1. The van der Waals surface area contributed by atoms with E-state index >= 15 is 0 Å². The first-order valence-electron chi connectivity index (χ1n) is 6.92. The molecule has 1 N–H and O–H groups in total. The third-order valence-corrected chi connectivity index (χ3v) is 3.59. The molecule has 2 aromatic carbocycles. The summed E-state index contributed by atoms with van der Waals surface area (Å²) in [6, 6.07) is 19.3. The SMILES string of the molecule is Cl.c1ccc(COc2ccc([C@H]3CCCN3)cc2)cc1. The molecule has 1 fully saturated rings. The fraction of sp³-hybridized carbons (Fsp3) is 0.294. The van der Waals surface area contributed by atoms with Gasteiger partial charge in [0.1, 0.15) is 12.4 Å². The number of hydrogen-bond donors (Lipinski definition) is 1. The Labute approximate surface area is 126 Å². The predicted molar refractivity (Wildman–Crippen MR) is 84.4 cm³/mol. The van der Waals surface area contributed by atoms with E-state index in [1.54, 1.807) is 0 Å². The van der Waals surface area contributed by atoms with Crippen LogP contribution in [0.2, 0.25) is 0 Å². The summed E-state index contributed by atoms with van der Waals surface area (Å²) in [4.78, 5) is 0. The Morgan fingerprint density at radius 1 is 1.00 bits per heavy atom. The highest BCUT2D eigenvalue weighted by Gasteiger charge is 2.15. The maximum Gasteiger partial charge on any atom is 0.119 e. The smallest absolute Gasteiger partial charge is 0.119 e. The third-order valence-electron chi connectivity index (χ3n) is 3.59. The van der Waals surface area contributed by atoms with E-state index in [0.29, 0.717) is 12.6 Å². The highest BCUT2D eigenvalue weighted by Crippen LogP contribution is 2.24. The van der Waals surface area contributed by atoms with Gasteiger partial charge < -0.3 is 10.1 Å². The van der Waals surface area contributed by atoms with E-state index in [-0.39, 0.29) is 12.4 Å². The van der Waals surface area contributed by atoms with Gasteiger partial charge in [-0.3, -0.25) is 0 Å². The quantitative estimate of drug-likeness (QED) is 0.914. The maximum atomic E-state index is 5.79. The average molecular weight is 290 g/mol. The zero-order valence-electron chi connectivity index (χ0n) is 11.4. The number of ether oxygens (including phenoxy) is 1. The van der Waals surface area contributed by atoms with Crippen molar-refractivity contribution in [3.05, 3.63) is 65.7 Å². The highest BCUT2D eigenvalue weighted by molar-refractivity contribution is 5.85. The molecule has 20 heavy (non-hydrogen) atoms. The van der Waals surface area contributed by atoms with E-state index in [4.69, 9.17) is 4.74 Å². The second-order valence-electron chi connectivity index (χ2n) is 4.99. The molecule has 1 aliphatic heterocycles. The molecule has 0 unspecified atom stereocenters. The Bertz CT molecular complexity index is 506. The van der Waals surface area contributed by atoms with Crippen molar-refractivity contribution in [1.29, 1.82) is 0 Å². The molecule has 1 aliphatic rings. The number of benzene rings is 2. The van der Waals surface area contributed by atoms with E-state index in [2.05, 4.69) is 41.7 Å². The molecule has 0 amide bonds. The van der Waals surface area contributed by atoms with Crippen molar-refractivity contribution >= 4 is 12.4 Å². The lowest BCUT2D eigenvalue weighted by molar-refractivity contribution is 0.306. The van der Waals surface area contributed by atoms with Crippen LogP contribution in [-0.4, -0.2) is 6.54 Å². The largest absolute Gasteiger partial charge is 0.489 e. The van der Waals surface area contributed by atoms with Gasteiger partial charge in [0, 0.05) is 6.04 Å². The van der Waals surface area contributed by atoms with Crippen LogP contribution < -0.4 is 10.1 Å². The summed E-state index contributed by atoms with van der Waals surface area (Å²) < 4.78 is 5.79. The molecule has 0 spiro atoms. The standard InChI is InChI=1S/C17H19NO.ClH/c1-2-5-14(6-3-1)13-19-16-10-8-15(9-11-16)17-7-4-12-18-17;/h1-3,5-6,8-11,17-18H,4,7,12-13H2;1H/t17-;/m1./s1. The van der Waals surface area contributed by atoms with Gasteiger partial charge in [-0.2, -0.15) is 0 Å². The topological polar surface area (TPSA) is 21.3 Å². The van der Waals surface area contributed by atoms with Gasteiger partial charge in [0.15, 0.2) is 0 Å². The van der Waals surface area contributed by atoms with Gasteiger partial charge in [0.2, 0.25) is 0 Å². The lowest BCUT2D eigenvalue weighted by Gasteiger charge is -2.12. The molecule has 1 atom stereocenters. The molecule has 1 saturated heterocycles. The van der Waals surface area contributed by atoms with Gasteiger partial charge in [-0.25, -0.2) is 0 Å². The van der Waals surface area contributed by atoms with E-state index < -0.39 is 0 Å². The first kappa shape index (κ1) is 14.9. The molecule has 3 heteroatoms. The molecule has 2 aromatic rings. The van der Waals surface area contributed by atoms with Crippen LogP contribution in [-0.2, 0) is 6.61 Å².